The van der Waals surface area contributed by atoms with Crippen LogP contribution in [0, 0.1) is 6.92 Å². The molecular formula is C16H17ClN2O. The fourth-order valence-electron chi connectivity index (χ4n) is 2.08. The predicted molar refractivity (Wildman–Crippen MR) is 81.1 cm³/mol. The van der Waals surface area contributed by atoms with Crippen molar-refractivity contribution in [1.29, 1.82) is 0 Å². The largest absolute Gasteiger partial charge is 0.349 e. The number of pyridine rings is 1. The third-order valence-electron chi connectivity index (χ3n) is 3.18. The van der Waals surface area contributed by atoms with Gasteiger partial charge in [0.15, 0.2) is 0 Å². The molecular weight excluding hydrogens is 272 g/mol. The van der Waals surface area contributed by atoms with E-state index in [1.165, 1.54) is 17.3 Å². The van der Waals surface area contributed by atoms with Crippen LogP contribution in [0.1, 0.15) is 28.4 Å². The van der Waals surface area contributed by atoms with Crippen LogP contribution in [0.5, 0.6) is 0 Å². The van der Waals surface area contributed by atoms with Gasteiger partial charge in [-0.15, -0.1) is 0 Å². The third kappa shape index (κ3) is 3.58. The van der Waals surface area contributed by atoms with Gasteiger partial charge in [0.1, 0.15) is 0 Å². The van der Waals surface area contributed by atoms with E-state index >= 15 is 0 Å². The molecule has 0 fully saturated rings. The van der Waals surface area contributed by atoms with E-state index in [1.54, 1.807) is 12.3 Å². The summed E-state index contributed by atoms with van der Waals surface area (Å²) in [4.78, 5) is 16.0. The van der Waals surface area contributed by atoms with Gasteiger partial charge in [0.05, 0.1) is 10.6 Å². The summed E-state index contributed by atoms with van der Waals surface area (Å²) in [6.45, 7) is 4.06. The topological polar surface area (TPSA) is 42.0 Å². The average molecular weight is 289 g/mol. The Bertz CT molecular complexity index is 613. The Morgan fingerprint density at radius 2 is 2.10 bits per heavy atom. The number of aromatic nitrogens is 1. The molecule has 1 aromatic heterocycles. The molecule has 0 bridgehead atoms. The van der Waals surface area contributed by atoms with Crippen molar-refractivity contribution in [3.63, 3.8) is 0 Å². The number of nitrogens with one attached hydrogen (secondary N) is 1. The summed E-state index contributed by atoms with van der Waals surface area (Å²) in [7, 11) is 0. The van der Waals surface area contributed by atoms with Crippen molar-refractivity contribution in [3.05, 3.63) is 64.4 Å². The Kier molecular flexibility index (Phi) is 4.74. The van der Waals surface area contributed by atoms with Gasteiger partial charge in [-0.3, -0.25) is 9.78 Å². The van der Waals surface area contributed by atoms with Gasteiger partial charge in [0.25, 0.3) is 5.91 Å². The zero-order chi connectivity index (χ0) is 14.5. The van der Waals surface area contributed by atoms with Crippen LogP contribution in [0.2, 0.25) is 5.02 Å². The molecule has 2 rings (SSSR count). The number of halogens is 1. The van der Waals surface area contributed by atoms with Crippen molar-refractivity contribution < 1.29 is 4.79 Å². The Morgan fingerprint density at radius 1 is 1.35 bits per heavy atom. The summed E-state index contributed by atoms with van der Waals surface area (Å²) >= 11 is 5.96. The van der Waals surface area contributed by atoms with E-state index in [0.717, 1.165) is 6.42 Å². The van der Waals surface area contributed by atoms with Crippen LogP contribution < -0.4 is 5.32 Å². The highest BCUT2D eigenvalue weighted by Gasteiger charge is 2.13. The number of nitrogens with zero attached hydrogens (tertiary/aromatic N) is 1. The molecule has 2 aromatic rings. The minimum atomic E-state index is -0.168. The molecule has 104 valence electrons. The summed E-state index contributed by atoms with van der Waals surface area (Å²) in [5.74, 6) is -0.168. The van der Waals surface area contributed by atoms with Crippen molar-refractivity contribution in [2.45, 2.75) is 26.3 Å². The second-order valence-corrected chi connectivity index (χ2v) is 5.27. The number of amides is 1. The zero-order valence-electron chi connectivity index (χ0n) is 11.6. The first kappa shape index (κ1) is 14.5. The lowest BCUT2D eigenvalue weighted by molar-refractivity contribution is 0.0940. The maximum absolute atomic E-state index is 12.1. The predicted octanol–water partition coefficient (Wildman–Crippen LogP) is 3.40. The van der Waals surface area contributed by atoms with Crippen LogP contribution in [-0.4, -0.2) is 16.9 Å². The van der Waals surface area contributed by atoms with Gasteiger partial charge < -0.3 is 5.32 Å². The first-order valence-corrected chi connectivity index (χ1v) is 6.90. The van der Waals surface area contributed by atoms with E-state index in [1.807, 2.05) is 19.1 Å². The van der Waals surface area contributed by atoms with Crippen LogP contribution in [0.3, 0.4) is 0 Å². The van der Waals surface area contributed by atoms with Crippen molar-refractivity contribution in [3.8, 4) is 0 Å². The summed E-state index contributed by atoms with van der Waals surface area (Å²) in [6.07, 6.45) is 3.83. The SMILES string of the molecule is Cc1ccccc1CC(C)NC(=O)c1ccncc1Cl. The molecule has 0 radical (unpaired) electrons. The molecule has 0 saturated carbocycles. The molecule has 20 heavy (non-hydrogen) atoms. The summed E-state index contributed by atoms with van der Waals surface area (Å²) in [6, 6.07) is 9.84. The second kappa shape index (κ2) is 6.53. The molecule has 0 aliphatic heterocycles. The number of hydrogen-bond acceptors (Lipinski definition) is 2. The lowest BCUT2D eigenvalue weighted by Gasteiger charge is -2.15. The first-order chi connectivity index (χ1) is 9.58. The van der Waals surface area contributed by atoms with Gasteiger partial charge in [-0.1, -0.05) is 35.9 Å². The van der Waals surface area contributed by atoms with E-state index in [9.17, 15) is 4.79 Å². The Labute approximate surface area is 124 Å². The van der Waals surface area contributed by atoms with E-state index in [2.05, 4.69) is 29.4 Å². The quantitative estimate of drug-likeness (QED) is 0.937. The number of hydrogen-bond donors (Lipinski definition) is 1. The molecule has 1 heterocycles. The van der Waals surface area contributed by atoms with E-state index in [-0.39, 0.29) is 11.9 Å². The fraction of sp³-hybridized carbons (Fsp3) is 0.250. The number of carbonyl (C=O) groups is 1. The van der Waals surface area contributed by atoms with Crippen molar-refractivity contribution in [1.82, 2.24) is 10.3 Å². The molecule has 1 atom stereocenters. The van der Waals surface area contributed by atoms with Gasteiger partial charge in [-0.2, -0.15) is 0 Å². The maximum atomic E-state index is 12.1. The smallest absolute Gasteiger partial charge is 0.253 e. The summed E-state index contributed by atoms with van der Waals surface area (Å²) in [5, 5.41) is 3.33. The number of aryl methyl sites for hydroxylation is 1. The maximum Gasteiger partial charge on any atom is 0.253 e. The standard InChI is InChI=1S/C16H17ClN2O/c1-11-5-3-4-6-13(11)9-12(2)19-16(20)14-7-8-18-10-15(14)17/h3-8,10,12H,9H2,1-2H3,(H,19,20). The van der Waals surface area contributed by atoms with Gasteiger partial charge >= 0.3 is 0 Å². The van der Waals surface area contributed by atoms with Crippen LogP contribution >= 0.6 is 11.6 Å². The Hall–Kier alpha value is -1.87. The lowest BCUT2D eigenvalue weighted by atomic mass is 10.0. The normalized spacial score (nSPS) is 11.9. The summed E-state index contributed by atoms with van der Waals surface area (Å²) in [5.41, 5.74) is 2.93. The minimum Gasteiger partial charge on any atom is -0.349 e. The summed E-state index contributed by atoms with van der Waals surface area (Å²) < 4.78 is 0. The highest BCUT2D eigenvalue weighted by atomic mass is 35.5. The van der Waals surface area contributed by atoms with Crippen LogP contribution in [-0.2, 0) is 6.42 Å². The van der Waals surface area contributed by atoms with Crippen LogP contribution in [0.25, 0.3) is 0 Å². The molecule has 0 aliphatic rings. The second-order valence-electron chi connectivity index (χ2n) is 4.86. The van der Waals surface area contributed by atoms with E-state index in [4.69, 9.17) is 11.6 Å². The molecule has 1 aromatic carbocycles. The molecule has 0 spiro atoms. The molecule has 3 nitrogen and oxygen atoms in total. The lowest BCUT2D eigenvalue weighted by Crippen LogP contribution is -2.34. The highest BCUT2D eigenvalue weighted by Crippen LogP contribution is 2.14. The fourth-order valence-corrected chi connectivity index (χ4v) is 2.29. The number of rotatable bonds is 4. The molecule has 4 heteroatoms. The highest BCUT2D eigenvalue weighted by molar-refractivity contribution is 6.33. The zero-order valence-corrected chi connectivity index (χ0v) is 12.3. The first-order valence-electron chi connectivity index (χ1n) is 6.53. The third-order valence-corrected chi connectivity index (χ3v) is 3.48. The van der Waals surface area contributed by atoms with Gasteiger partial charge in [0, 0.05) is 18.4 Å². The van der Waals surface area contributed by atoms with Crippen molar-refractivity contribution >= 4 is 17.5 Å². The Morgan fingerprint density at radius 3 is 2.80 bits per heavy atom. The average Bonchev–Trinajstić information content (AvgIpc) is 2.41. The monoisotopic (exact) mass is 288 g/mol. The van der Waals surface area contributed by atoms with Crippen molar-refractivity contribution in [2.24, 2.45) is 0 Å². The number of carbonyl (C=O) groups excluding carboxylic acids is 1. The minimum absolute atomic E-state index is 0.0350. The number of benzene rings is 1. The van der Waals surface area contributed by atoms with Crippen LogP contribution in [0.4, 0.5) is 0 Å². The van der Waals surface area contributed by atoms with E-state index in [0.29, 0.717) is 10.6 Å². The van der Waals surface area contributed by atoms with E-state index < -0.39 is 0 Å². The molecule has 1 amide bonds. The van der Waals surface area contributed by atoms with Gasteiger partial charge in [-0.25, -0.2) is 0 Å². The van der Waals surface area contributed by atoms with Gasteiger partial charge in [-0.05, 0) is 37.5 Å². The Balaban J connectivity index is 2.02. The van der Waals surface area contributed by atoms with Crippen LogP contribution in [0.15, 0.2) is 42.7 Å². The molecule has 1 N–H and O–H groups in total. The van der Waals surface area contributed by atoms with Crippen molar-refractivity contribution in [2.75, 3.05) is 0 Å². The van der Waals surface area contributed by atoms with Gasteiger partial charge in [0.2, 0.25) is 0 Å². The molecule has 0 saturated heterocycles. The molecule has 1 unspecified atom stereocenters. The molecule has 0 aliphatic carbocycles.